The third-order valence-corrected chi connectivity index (χ3v) is 3.84. The van der Waals surface area contributed by atoms with Gasteiger partial charge in [-0.25, -0.2) is 0 Å². The average molecular weight is 372 g/mol. The molecule has 1 N–H and O–H groups in total. The minimum Gasteiger partial charge on any atom is -0.507 e. The second-order valence-corrected chi connectivity index (χ2v) is 5.76. The van der Waals surface area contributed by atoms with Gasteiger partial charge < -0.3 is 5.11 Å². The number of carbonyl (C=O) groups is 1. The average Bonchev–Trinajstić information content (AvgIpc) is 2.42. The fourth-order valence-electron chi connectivity index (χ4n) is 1.57. The normalized spacial score (nSPS) is 10.9. The third-order valence-electron chi connectivity index (χ3n) is 2.61. The van der Waals surface area contributed by atoms with Gasteiger partial charge in [-0.1, -0.05) is 39.1 Å². The van der Waals surface area contributed by atoms with E-state index in [1.165, 1.54) is 12.1 Å². The molecular formula is C15H9BrCl2O2. The van der Waals surface area contributed by atoms with Crippen molar-refractivity contribution in [2.45, 2.75) is 0 Å². The number of hydrogen-bond acceptors (Lipinski definition) is 2. The summed E-state index contributed by atoms with van der Waals surface area (Å²) in [4.78, 5) is 12.0. The van der Waals surface area contributed by atoms with Crippen LogP contribution in [-0.4, -0.2) is 10.9 Å². The highest BCUT2D eigenvalue weighted by atomic mass is 79.9. The highest BCUT2D eigenvalue weighted by Crippen LogP contribution is 2.25. The van der Waals surface area contributed by atoms with E-state index in [2.05, 4.69) is 15.9 Å². The summed E-state index contributed by atoms with van der Waals surface area (Å²) in [5.41, 5.74) is 0.984. The lowest BCUT2D eigenvalue weighted by Gasteiger charge is -2.01. The molecule has 102 valence electrons. The number of benzene rings is 2. The number of phenolic OH excluding ortho intramolecular Hbond substituents is 1. The first-order chi connectivity index (χ1) is 9.47. The number of carbonyl (C=O) groups excluding carboxylic acids is 1. The summed E-state index contributed by atoms with van der Waals surface area (Å²) in [5.74, 6) is -0.116. The van der Waals surface area contributed by atoms with E-state index in [1.807, 2.05) is 0 Å². The number of aromatic hydroxyl groups is 1. The van der Waals surface area contributed by atoms with Gasteiger partial charge in [0.05, 0.1) is 10.0 Å². The molecule has 0 saturated heterocycles. The molecule has 0 radical (unpaired) electrons. The van der Waals surface area contributed by atoms with E-state index < -0.39 is 0 Å². The van der Waals surface area contributed by atoms with E-state index in [0.717, 1.165) is 4.47 Å². The van der Waals surface area contributed by atoms with Gasteiger partial charge in [-0.05, 0) is 48.6 Å². The summed E-state index contributed by atoms with van der Waals surface area (Å²) in [6.07, 6.45) is 2.92. The predicted octanol–water partition coefficient (Wildman–Crippen LogP) is 5.36. The second-order valence-electron chi connectivity index (χ2n) is 4.03. The van der Waals surface area contributed by atoms with Gasteiger partial charge in [0.15, 0.2) is 5.78 Å². The largest absolute Gasteiger partial charge is 0.507 e. The molecule has 20 heavy (non-hydrogen) atoms. The van der Waals surface area contributed by atoms with Crippen LogP contribution in [0.3, 0.4) is 0 Å². The zero-order chi connectivity index (χ0) is 14.7. The van der Waals surface area contributed by atoms with Crippen LogP contribution in [0.1, 0.15) is 15.9 Å². The number of rotatable bonds is 3. The fourth-order valence-corrected chi connectivity index (χ4v) is 2.25. The summed E-state index contributed by atoms with van der Waals surface area (Å²) in [6, 6.07) is 9.66. The van der Waals surface area contributed by atoms with E-state index in [4.69, 9.17) is 23.2 Å². The van der Waals surface area contributed by atoms with Crippen molar-refractivity contribution in [1.29, 1.82) is 0 Å². The molecule has 0 aliphatic rings. The van der Waals surface area contributed by atoms with Gasteiger partial charge in [0.1, 0.15) is 5.75 Å². The Balaban J connectivity index is 2.24. The molecule has 0 bridgehead atoms. The molecule has 0 unspecified atom stereocenters. The molecule has 0 amide bonds. The third kappa shape index (κ3) is 3.63. The number of allylic oxidation sites excluding steroid dienone is 1. The Bertz CT molecular complexity index is 696. The molecule has 5 heteroatoms. The van der Waals surface area contributed by atoms with Crippen LogP contribution in [-0.2, 0) is 0 Å². The van der Waals surface area contributed by atoms with Gasteiger partial charge in [0.25, 0.3) is 0 Å². The SMILES string of the molecule is O=C(/C=C/c1cc(Br)ccc1O)c1ccc(Cl)c(Cl)c1. The molecule has 2 nitrogen and oxygen atoms in total. The van der Waals surface area contributed by atoms with E-state index >= 15 is 0 Å². The Morgan fingerprint density at radius 3 is 2.55 bits per heavy atom. The van der Waals surface area contributed by atoms with Crippen molar-refractivity contribution in [3.63, 3.8) is 0 Å². The highest BCUT2D eigenvalue weighted by molar-refractivity contribution is 9.10. The minimum absolute atomic E-state index is 0.103. The number of ketones is 1. The summed E-state index contributed by atoms with van der Waals surface area (Å²) in [5, 5.41) is 10.4. The summed E-state index contributed by atoms with van der Waals surface area (Å²) < 4.78 is 0.817. The van der Waals surface area contributed by atoms with Gasteiger partial charge in [0, 0.05) is 15.6 Å². The molecule has 0 fully saturated rings. The first-order valence-electron chi connectivity index (χ1n) is 5.63. The molecule has 0 aliphatic heterocycles. The van der Waals surface area contributed by atoms with E-state index in [-0.39, 0.29) is 11.5 Å². The van der Waals surface area contributed by atoms with Crippen molar-refractivity contribution < 1.29 is 9.90 Å². The van der Waals surface area contributed by atoms with Crippen molar-refractivity contribution in [2.24, 2.45) is 0 Å². The summed E-state index contributed by atoms with van der Waals surface area (Å²) in [6.45, 7) is 0. The van der Waals surface area contributed by atoms with Crippen LogP contribution >= 0.6 is 39.1 Å². The Hall–Kier alpha value is -1.29. The lowest BCUT2D eigenvalue weighted by Crippen LogP contribution is -1.93. The van der Waals surface area contributed by atoms with Gasteiger partial charge in [-0.2, -0.15) is 0 Å². The van der Waals surface area contributed by atoms with Crippen molar-refractivity contribution in [1.82, 2.24) is 0 Å². The van der Waals surface area contributed by atoms with Crippen LogP contribution in [0.4, 0.5) is 0 Å². The van der Waals surface area contributed by atoms with E-state index in [0.29, 0.717) is 21.2 Å². The van der Waals surface area contributed by atoms with Crippen LogP contribution < -0.4 is 0 Å². The zero-order valence-corrected chi connectivity index (χ0v) is 13.2. The van der Waals surface area contributed by atoms with E-state index in [9.17, 15) is 9.90 Å². The molecule has 0 heterocycles. The number of halogens is 3. The van der Waals surface area contributed by atoms with Crippen LogP contribution in [0.2, 0.25) is 10.0 Å². The van der Waals surface area contributed by atoms with Crippen LogP contribution in [0, 0.1) is 0 Å². The topological polar surface area (TPSA) is 37.3 Å². The predicted molar refractivity (Wildman–Crippen MR) is 85.6 cm³/mol. The Labute approximate surface area is 134 Å². The van der Waals surface area contributed by atoms with Gasteiger partial charge in [0.2, 0.25) is 0 Å². The molecule has 0 saturated carbocycles. The number of hydrogen-bond donors (Lipinski definition) is 1. The van der Waals surface area contributed by atoms with Crippen molar-refractivity contribution >= 4 is 51.0 Å². The lowest BCUT2D eigenvalue weighted by atomic mass is 10.1. The zero-order valence-electron chi connectivity index (χ0n) is 10.1. The molecular weight excluding hydrogens is 363 g/mol. The standard InChI is InChI=1S/C15H9BrCl2O2/c16-11-3-6-15(20)9(7-11)2-5-14(19)10-1-4-12(17)13(18)8-10/h1-8,20H/b5-2+. The Kier molecular flexibility index (Phi) is 4.86. The highest BCUT2D eigenvalue weighted by Gasteiger charge is 2.06. The van der Waals surface area contributed by atoms with Crippen LogP contribution in [0.25, 0.3) is 6.08 Å². The number of phenols is 1. The summed E-state index contributed by atoms with van der Waals surface area (Å²) in [7, 11) is 0. The Morgan fingerprint density at radius 2 is 1.85 bits per heavy atom. The molecule has 0 atom stereocenters. The van der Waals surface area contributed by atoms with Crippen molar-refractivity contribution in [3.05, 3.63) is 68.1 Å². The van der Waals surface area contributed by atoms with Gasteiger partial charge in [-0.15, -0.1) is 0 Å². The Morgan fingerprint density at radius 1 is 1.10 bits per heavy atom. The van der Waals surface area contributed by atoms with Crippen molar-refractivity contribution in [2.75, 3.05) is 0 Å². The maximum atomic E-state index is 12.0. The summed E-state index contributed by atoms with van der Waals surface area (Å²) >= 11 is 15.0. The maximum absolute atomic E-state index is 12.0. The first kappa shape index (κ1) is 15.1. The van der Waals surface area contributed by atoms with Gasteiger partial charge >= 0.3 is 0 Å². The maximum Gasteiger partial charge on any atom is 0.185 e. The van der Waals surface area contributed by atoms with Crippen LogP contribution in [0.15, 0.2) is 46.9 Å². The van der Waals surface area contributed by atoms with Crippen molar-refractivity contribution in [3.8, 4) is 5.75 Å². The van der Waals surface area contributed by atoms with E-state index in [1.54, 1.807) is 36.4 Å². The molecule has 0 aliphatic carbocycles. The molecule has 2 aromatic carbocycles. The minimum atomic E-state index is -0.219. The second kappa shape index (κ2) is 6.44. The van der Waals surface area contributed by atoms with Gasteiger partial charge in [-0.3, -0.25) is 4.79 Å². The fraction of sp³-hybridized carbons (Fsp3) is 0. The lowest BCUT2D eigenvalue weighted by molar-refractivity contribution is 0.104. The quantitative estimate of drug-likeness (QED) is 0.582. The monoisotopic (exact) mass is 370 g/mol. The molecule has 2 aromatic rings. The molecule has 0 spiro atoms. The van der Waals surface area contributed by atoms with Crippen LogP contribution in [0.5, 0.6) is 5.75 Å². The molecule has 2 rings (SSSR count). The first-order valence-corrected chi connectivity index (χ1v) is 7.18. The smallest absolute Gasteiger partial charge is 0.185 e. The molecule has 0 aromatic heterocycles.